The van der Waals surface area contributed by atoms with Crippen molar-refractivity contribution in [2.45, 2.75) is 18.9 Å². The van der Waals surface area contributed by atoms with Gasteiger partial charge in [-0.05, 0) is 0 Å². The second kappa shape index (κ2) is 2.98. The molecule has 0 aliphatic carbocycles. The third-order valence-electron chi connectivity index (χ3n) is 3.64. The Morgan fingerprint density at radius 1 is 1.25 bits per heavy atom. The first kappa shape index (κ1) is 8.48. The van der Waals surface area contributed by atoms with Crippen LogP contribution in [0.2, 0.25) is 0 Å². The van der Waals surface area contributed by atoms with Gasteiger partial charge in [0.15, 0.2) is 0 Å². The van der Waals surface area contributed by atoms with Gasteiger partial charge in [-0.15, -0.1) is 0 Å². The van der Waals surface area contributed by atoms with Gasteiger partial charge in [-0.2, -0.15) is 0 Å². The standard InChI is InChI=1S/C9H18NO2/c11-6-5-10-3-1-8(2-4-10)9(12)7-10/h8-9,11-12H,1-7H2/q+1. The summed E-state index contributed by atoms with van der Waals surface area (Å²) in [7, 11) is 0. The SMILES string of the molecule is OCC[N+]12CCC(CC1)C(O)C2. The van der Waals surface area contributed by atoms with Gasteiger partial charge in [0.05, 0.1) is 19.7 Å². The number of rotatable bonds is 2. The van der Waals surface area contributed by atoms with Crippen LogP contribution in [0, 0.1) is 5.92 Å². The summed E-state index contributed by atoms with van der Waals surface area (Å²) in [5, 5.41) is 18.6. The van der Waals surface area contributed by atoms with Crippen LogP contribution in [-0.2, 0) is 0 Å². The zero-order valence-electron chi connectivity index (χ0n) is 7.45. The molecule has 3 heteroatoms. The third kappa shape index (κ3) is 1.26. The summed E-state index contributed by atoms with van der Waals surface area (Å²) in [5.41, 5.74) is 0. The highest BCUT2D eigenvalue weighted by Gasteiger charge is 2.44. The van der Waals surface area contributed by atoms with Crippen LogP contribution in [0.15, 0.2) is 0 Å². The molecule has 3 rings (SSSR count). The molecule has 3 heterocycles. The van der Waals surface area contributed by atoms with Gasteiger partial charge in [-0.3, -0.25) is 0 Å². The molecule has 2 N–H and O–H groups in total. The van der Waals surface area contributed by atoms with Crippen molar-refractivity contribution >= 4 is 0 Å². The van der Waals surface area contributed by atoms with E-state index >= 15 is 0 Å². The van der Waals surface area contributed by atoms with Crippen LogP contribution in [0.5, 0.6) is 0 Å². The van der Waals surface area contributed by atoms with E-state index in [1.807, 2.05) is 0 Å². The highest BCUT2D eigenvalue weighted by molar-refractivity contribution is 4.79. The zero-order chi connectivity index (χ0) is 8.60. The number of nitrogens with zero attached hydrogens (tertiary/aromatic N) is 1. The summed E-state index contributed by atoms with van der Waals surface area (Å²) in [5.74, 6) is 0.559. The summed E-state index contributed by atoms with van der Waals surface area (Å²) in [6.45, 7) is 4.32. The Morgan fingerprint density at radius 2 is 1.92 bits per heavy atom. The van der Waals surface area contributed by atoms with Crippen molar-refractivity contribution in [1.82, 2.24) is 0 Å². The van der Waals surface area contributed by atoms with Gasteiger partial charge in [0.1, 0.15) is 19.2 Å². The van der Waals surface area contributed by atoms with Crippen LogP contribution in [-0.4, -0.2) is 53.6 Å². The summed E-state index contributed by atoms with van der Waals surface area (Å²) < 4.78 is 0.966. The number of fused-ring (bicyclic) bond motifs is 3. The normalized spacial score (nSPS) is 46.5. The highest BCUT2D eigenvalue weighted by atomic mass is 16.3. The topological polar surface area (TPSA) is 40.5 Å². The molecule has 1 unspecified atom stereocenters. The van der Waals surface area contributed by atoms with Crippen LogP contribution in [0.1, 0.15) is 12.8 Å². The van der Waals surface area contributed by atoms with Crippen LogP contribution < -0.4 is 0 Å². The van der Waals surface area contributed by atoms with Gasteiger partial charge >= 0.3 is 0 Å². The molecule has 3 aliphatic rings. The molecule has 70 valence electrons. The fourth-order valence-corrected chi connectivity index (χ4v) is 2.78. The lowest BCUT2D eigenvalue weighted by Gasteiger charge is -2.51. The Hall–Kier alpha value is -0.120. The lowest BCUT2D eigenvalue weighted by molar-refractivity contribution is -0.946. The molecular weight excluding hydrogens is 154 g/mol. The van der Waals surface area contributed by atoms with E-state index in [0.29, 0.717) is 5.92 Å². The highest BCUT2D eigenvalue weighted by Crippen LogP contribution is 2.33. The molecule has 0 aromatic heterocycles. The average Bonchev–Trinajstić information content (AvgIpc) is 2.05. The Labute approximate surface area is 73.2 Å². The Bertz CT molecular complexity index is 158. The summed E-state index contributed by atoms with van der Waals surface area (Å²) in [4.78, 5) is 0. The largest absolute Gasteiger partial charge is 0.391 e. The fourth-order valence-electron chi connectivity index (χ4n) is 2.78. The lowest BCUT2D eigenvalue weighted by Crippen LogP contribution is -2.64. The molecule has 0 saturated carbocycles. The first-order valence-electron chi connectivity index (χ1n) is 4.90. The maximum Gasteiger partial charge on any atom is 0.106 e. The monoisotopic (exact) mass is 172 g/mol. The van der Waals surface area contributed by atoms with Gasteiger partial charge in [-0.1, -0.05) is 0 Å². The molecule has 0 aromatic rings. The second-order valence-corrected chi connectivity index (χ2v) is 4.32. The van der Waals surface area contributed by atoms with Crippen molar-refractivity contribution in [3.63, 3.8) is 0 Å². The minimum absolute atomic E-state index is 0.0981. The van der Waals surface area contributed by atoms with Crippen molar-refractivity contribution in [1.29, 1.82) is 0 Å². The van der Waals surface area contributed by atoms with Gasteiger partial charge in [0, 0.05) is 18.8 Å². The molecule has 3 aliphatic heterocycles. The predicted molar refractivity (Wildman–Crippen MR) is 45.5 cm³/mol. The van der Waals surface area contributed by atoms with Gasteiger partial charge < -0.3 is 14.7 Å². The van der Waals surface area contributed by atoms with Crippen LogP contribution in [0.3, 0.4) is 0 Å². The van der Waals surface area contributed by atoms with Crippen molar-refractivity contribution < 1.29 is 14.7 Å². The number of piperidine rings is 3. The molecular formula is C9H18NO2+. The maximum atomic E-state index is 9.69. The molecule has 3 saturated heterocycles. The van der Waals surface area contributed by atoms with E-state index < -0.39 is 0 Å². The first-order chi connectivity index (χ1) is 5.76. The molecule has 0 spiro atoms. The molecule has 0 amide bonds. The second-order valence-electron chi connectivity index (χ2n) is 4.32. The van der Waals surface area contributed by atoms with E-state index in [4.69, 9.17) is 5.11 Å². The summed E-state index contributed by atoms with van der Waals surface area (Å²) in [6.07, 6.45) is 2.21. The summed E-state index contributed by atoms with van der Waals surface area (Å²) in [6, 6.07) is 0. The van der Waals surface area contributed by atoms with Crippen molar-refractivity contribution in [2.24, 2.45) is 5.92 Å². The van der Waals surface area contributed by atoms with Gasteiger partial charge in [0.2, 0.25) is 0 Å². The van der Waals surface area contributed by atoms with E-state index in [0.717, 1.165) is 30.4 Å². The van der Waals surface area contributed by atoms with Crippen molar-refractivity contribution in [3.05, 3.63) is 0 Å². The van der Waals surface area contributed by atoms with Crippen molar-refractivity contribution in [3.8, 4) is 0 Å². The Kier molecular flexibility index (Phi) is 2.10. The quantitative estimate of drug-likeness (QED) is 0.555. The molecule has 3 nitrogen and oxygen atoms in total. The minimum Gasteiger partial charge on any atom is -0.391 e. The number of hydrogen-bond donors (Lipinski definition) is 2. The third-order valence-corrected chi connectivity index (χ3v) is 3.64. The van der Waals surface area contributed by atoms with E-state index in [9.17, 15) is 5.11 Å². The average molecular weight is 172 g/mol. The lowest BCUT2D eigenvalue weighted by atomic mass is 9.83. The maximum absolute atomic E-state index is 9.69. The molecule has 0 aromatic carbocycles. The number of hydrogen-bond acceptors (Lipinski definition) is 2. The van der Waals surface area contributed by atoms with E-state index in [1.54, 1.807) is 0 Å². The minimum atomic E-state index is -0.0981. The summed E-state index contributed by atoms with van der Waals surface area (Å²) >= 11 is 0. The van der Waals surface area contributed by atoms with Crippen LogP contribution in [0.4, 0.5) is 0 Å². The van der Waals surface area contributed by atoms with Crippen LogP contribution in [0.25, 0.3) is 0 Å². The van der Waals surface area contributed by atoms with Crippen LogP contribution >= 0.6 is 0 Å². The first-order valence-corrected chi connectivity index (χ1v) is 4.90. The zero-order valence-corrected chi connectivity index (χ0v) is 7.45. The van der Waals surface area contributed by atoms with E-state index in [2.05, 4.69) is 0 Å². The number of aliphatic hydroxyl groups is 2. The Morgan fingerprint density at radius 3 is 2.42 bits per heavy atom. The molecule has 0 radical (unpaired) electrons. The number of aliphatic hydroxyl groups excluding tert-OH is 2. The van der Waals surface area contributed by atoms with Gasteiger partial charge in [-0.25, -0.2) is 0 Å². The fraction of sp³-hybridized carbons (Fsp3) is 1.00. The predicted octanol–water partition coefficient (Wildman–Crippen LogP) is -0.420. The van der Waals surface area contributed by atoms with E-state index in [-0.39, 0.29) is 12.7 Å². The Balaban J connectivity index is 2.05. The smallest absolute Gasteiger partial charge is 0.106 e. The van der Waals surface area contributed by atoms with Gasteiger partial charge in [0.25, 0.3) is 0 Å². The molecule has 3 fully saturated rings. The molecule has 2 bridgehead atoms. The molecule has 1 atom stereocenters. The van der Waals surface area contributed by atoms with Crippen molar-refractivity contribution in [2.75, 3.05) is 32.8 Å². The van der Waals surface area contributed by atoms with E-state index in [1.165, 1.54) is 13.1 Å². The molecule has 12 heavy (non-hydrogen) atoms. The number of quaternary nitrogens is 1.